The maximum Gasteiger partial charge on any atom is 0.401 e. The molecule has 38 heavy (non-hydrogen) atoms. The summed E-state index contributed by atoms with van der Waals surface area (Å²) in [5, 5.41) is 4.25. The Morgan fingerprint density at radius 1 is 1.11 bits per heavy atom. The standard InChI is InChI=1S/C17H11BrCl3F3.C7H9F3N2OS/c1-9-2-3-10(6-13(9)18)4-5-12(17(22,23)24)11-7-14(19)16(21)15(20)8-11;1-5(12-4-13)6(14)2-11-3-7(8,9)10/h2-8,12H,1H3;4,11H,1-3H2,(H,12,13)/b5-4+;. The van der Waals surface area contributed by atoms with Crippen molar-refractivity contribution in [3.05, 3.63) is 84.9 Å². The minimum Gasteiger partial charge on any atom is -0.328 e. The highest BCUT2D eigenvalue weighted by Crippen LogP contribution is 2.41. The number of thiocarbonyl (C=S) groups is 1. The third kappa shape index (κ3) is 12.0. The molecule has 3 nitrogen and oxygen atoms in total. The third-order valence-electron chi connectivity index (χ3n) is 4.58. The van der Waals surface area contributed by atoms with Gasteiger partial charge in [-0.25, -0.2) is 0 Å². The predicted molar refractivity (Wildman–Crippen MR) is 148 cm³/mol. The Kier molecular flexibility index (Phi) is 13.8. The van der Waals surface area contributed by atoms with Gasteiger partial charge in [0.1, 0.15) is 0 Å². The van der Waals surface area contributed by atoms with Crippen molar-refractivity contribution in [3.63, 3.8) is 0 Å². The number of carbonyl (C=O) groups excluding carboxylic acids is 1. The largest absolute Gasteiger partial charge is 0.401 e. The van der Waals surface area contributed by atoms with E-state index in [1.807, 2.05) is 13.0 Å². The quantitative estimate of drug-likeness (QED) is 0.0912. The molecule has 1 unspecified atom stereocenters. The lowest BCUT2D eigenvalue weighted by atomic mass is 9.97. The number of benzene rings is 2. The van der Waals surface area contributed by atoms with Gasteiger partial charge in [-0.05, 0) is 41.8 Å². The molecule has 0 fully saturated rings. The number of allylic oxidation sites excluding steroid dienone is 1. The highest BCUT2D eigenvalue weighted by atomic mass is 79.9. The van der Waals surface area contributed by atoms with Crippen LogP contribution < -0.4 is 10.6 Å². The summed E-state index contributed by atoms with van der Waals surface area (Å²) in [6, 6.07) is 7.68. The molecule has 0 aliphatic rings. The van der Waals surface area contributed by atoms with Gasteiger partial charge in [0, 0.05) is 16.7 Å². The number of alkyl halides is 6. The van der Waals surface area contributed by atoms with Crippen LogP contribution in [0.4, 0.5) is 26.3 Å². The molecule has 208 valence electrons. The first-order chi connectivity index (χ1) is 17.5. The fraction of sp³-hybridized carbons (Fsp3) is 0.250. The van der Waals surface area contributed by atoms with Crippen molar-refractivity contribution in [2.45, 2.75) is 25.2 Å². The molecule has 14 heteroatoms. The molecule has 0 aliphatic heterocycles. The van der Waals surface area contributed by atoms with E-state index < -0.39 is 24.8 Å². The number of rotatable bonds is 9. The second-order valence-electron chi connectivity index (χ2n) is 7.57. The fourth-order valence-corrected chi connectivity index (χ4v) is 3.83. The molecule has 0 bridgehead atoms. The fourth-order valence-electron chi connectivity index (χ4n) is 2.66. The summed E-state index contributed by atoms with van der Waals surface area (Å²) in [6.07, 6.45) is -5.90. The van der Waals surface area contributed by atoms with Gasteiger partial charge in [0.05, 0.1) is 32.4 Å². The SMILES string of the molecule is C=C(NC=O)C(=S)CNCC(F)(F)F.Cc1ccc(/C=C/C(c2cc(Cl)c(Cl)c(Cl)c2)C(F)(F)F)cc1Br. The number of hydrogen-bond donors (Lipinski definition) is 2. The van der Waals surface area contributed by atoms with Gasteiger partial charge < -0.3 is 10.6 Å². The zero-order valence-electron chi connectivity index (χ0n) is 19.4. The van der Waals surface area contributed by atoms with Crippen molar-refractivity contribution in [2.24, 2.45) is 0 Å². The van der Waals surface area contributed by atoms with Crippen LogP contribution in [0.15, 0.2) is 53.2 Å². The van der Waals surface area contributed by atoms with Gasteiger partial charge in [0.2, 0.25) is 6.41 Å². The Balaban J connectivity index is 0.000000442. The second-order valence-corrected chi connectivity index (χ2v) is 10.1. The van der Waals surface area contributed by atoms with E-state index >= 15 is 0 Å². The van der Waals surface area contributed by atoms with Crippen molar-refractivity contribution in [2.75, 3.05) is 13.1 Å². The van der Waals surface area contributed by atoms with Crippen molar-refractivity contribution in [1.29, 1.82) is 0 Å². The highest BCUT2D eigenvalue weighted by molar-refractivity contribution is 9.10. The lowest BCUT2D eigenvalue weighted by Crippen LogP contribution is -2.34. The third-order valence-corrected chi connectivity index (χ3v) is 7.02. The number of halogens is 10. The van der Waals surface area contributed by atoms with Crippen LogP contribution in [-0.4, -0.2) is 36.7 Å². The number of hydrogen-bond acceptors (Lipinski definition) is 3. The first-order valence-electron chi connectivity index (χ1n) is 10.3. The van der Waals surface area contributed by atoms with Gasteiger partial charge in [0.25, 0.3) is 0 Å². The maximum absolute atomic E-state index is 13.4. The zero-order chi connectivity index (χ0) is 29.3. The van der Waals surface area contributed by atoms with E-state index in [-0.39, 0.29) is 37.7 Å². The molecule has 2 aromatic carbocycles. The number of carbonyl (C=O) groups is 1. The molecule has 0 aliphatic carbocycles. The molecule has 2 rings (SSSR count). The predicted octanol–water partition coefficient (Wildman–Crippen LogP) is 8.84. The molecule has 0 aromatic heterocycles. The minimum atomic E-state index is -4.49. The van der Waals surface area contributed by atoms with Gasteiger partial charge in [-0.3, -0.25) is 4.79 Å². The van der Waals surface area contributed by atoms with Gasteiger partial charge in [0.15, 0.2) is 0 Å². The molecule has 1 amide bonds. The summed E-state index contributed by atoms with van der Waals surface area (Å²) < 4.78 is 76.1. The van der Waals surface area contributed by atoms with Gasteiger partial charge in [-0.1, -0.05) is 93.8 Å². The summed E-state index contributed by atoms with van der Waals surface area (Å²) in [5.74, 6) is -1.84. The van der Waals surface area contributed by atoms with E-state index in [4.69, 9.17) is 34.8 Å². The van der Waals surface area contributed by atoms with Gasteiger partial charge in [-0.2, -0.15) is 26.3 Å². The number of nitrogens with one attached hydrogen (secondary N) is 2. The molecule has 0 radical (unpaired) electrons. The lowest BCUT2D eigenvalue weighted by molar-refractivity contribution is -0.139. The minimum absolute atomic E-state index is 0.0140. The lowest BCUT2D eigenvalue weighted by Gasteiger charge is -2.18. The van der Waals surface area contributed by atoms with E-state index in [2.05, 4.69) is 45.4 Å². The summed E-state index contributed by atoms with van der Waals surface area (Å²) in [5.41, 5.74) is 1.71. The van der Waals surface area contributed by atoms with Crippen LogP contribution in [0, 0.1) is 6.92 Å². The summed E-state index contributed by atoms with van der Waals surface area (Å²) in [6.45, 7) is 3.98. The number of amides is 1. The van der Waals surface area contributed by atoms with Crippen LogP contribution >= 0.6 is 63.0 Å². The van der Waals surface area contributed by atoms with Crippen LogP contribution in [0.5, 0.6) is 0 Å². The van der Waals surface area contributed by atoms with Gasteiger partial charge in [-0.15, -0.1) is 0 Å². The Morgan fingerprint density at radius 3 is 2.16 bits per heavy atom. The first-order valence-corrected chi connectivity index (χ1v) is 12.6. The average molecular weight is 685 g/mol. The van der Waals surface area contributed by atoms with Crippen molar-refractivity contribution >= 4 is 80.3 Å². The molecular formula is C24H20BrCl3F6N2OS. The highest BCUT2D eigenvalue weighted by Gasteiger charge is 2.39. The normalized spacial score (nSPS) is 12.5. The monoisotopic (exact) mass is 682 g/mol. The molecule has 2 aromatic rings. The Labute approximate surface area is 244 Å². The van der Waals surface area contributed by atoms with E-state index in [1.54, 1.807) is 12.1 Å². The summed E-state index contributed by atoms with van der Waals surface area (Å²) in [4.78, 5) is 10.1. The van der Waals surface area contributed by atoms with Crippen LogP contribution in [0.2, 0.25) is 15.1 Å². The molecule has 0 saturated carbocycles. The van der Waals surface area contributed by atoms with Crippen molar-refractivity contribution in [1.82, 2.24) is 10.6 Å². The van der Waals surface area contributed by atoms with Crippen molar-refractivity contribution in [3.8, 4) is 0 Å². The molecular weight excluding hydrogens is 665 g/mol. The topological polar surface area (TPSA) is 41.1 Å². The van der Waals surface area contributed by atoms with E-state index in [1.165, 1.54) is 18.2 Å². The van der Waals surface area contributed by atoms with E-state index in [0.717, 1.165) is 16.1 Å². The van der Waals surface area contributed by atoms with E-state index in [9.17, 15) is 31.1 Å². The van der Waals surface area contributed by atoms with Crippen LogP contribution in [0.3, 0.4) is 0 Å². The molecule has 2 N–H and O–H groups in total. The van der Waals surface area contributed by atoms with Crippen LogP contribution in [0.25, 0.3) is 6.08 Å². The first kappa shape index (κ1) is 34.4. The van der Waals surface area contributed by atoms with E-state index in [0.29, 0.717) is 12.0 Å². The van der Waals surface area contributed by atoms with Crippen LogP contribution in [0.1, 0.15) is 22.6 Å². The smallest absolute Gasteiger partial charge is 0.328 e. The second kappa shape index (κ2) is 15.2. The molecule has 0 spiro atoms. The number of aryl methyl sites for hydroxylation is 1. The zero-order valence-corrected chi connectivity index (χ0v) is 24.1. The summed E-state index contributed by atoms with van der Waals surface area (Å²) in [7, 11) is 0. The summed E-state index contributed by atoms with van der Waals surface area (Å²) >= 11 is 25.6. The molecule has 0 saturated heterocycles. The molecule has 0 heterocycles. The van der Waals surface area contributed by atoms with Crippen LogP contribution in [-0.2, 0) is 4.79 Å². The maximum atomic E-state index is 13.4. The average Bonchev–Trinajstić information content (AvgIpc) is 2.78. The Morgan fingerprint density at radius 2 is 1.68 bits per heavy atom. The van der Waals surface area contributed by atoms with Crippen molar-refractivity contribution < 1.29 is 31.1 Å². The Hall–Kier alpha value is -1.63. The van der Waals surface area contributed by atoms with Gasteiger partial charge >= 0.3 is 12.4 Å². The Bertz CT molecular complexity index is 1170. The molecule has 1 atom stereocenters.